The van der Waals surface area contributed by atoms with Gasteiger partial charge in [0.15, 0.2) is 0 Å². The molecule has 2 aromatic rings. The van der Waals surface area contributed by atoms with Gasteiger partial charge in [0.2, 0.25) is 0 Å². The second-order valence-electron chi connectivity index (χ2n) is 7.89. The van der Waals surface area contributed by atoms with Gasteiger partial charge in [0.25, 0.3) is 5.91 Å². The first-order chi connectivity index (χ1) is 14.1. The molecular formula is C22H28N4O3. The van der Waals surface area contributed by atoms with Crippen molar-refractivity contribution in [2.75, 3.05) is 26.2 Å². The highest BCUT2D eigenvalue weighted by Gasteiger charge is 2.30. The number of rotatable bonds is 3. The van der Waals surface area contributed by atoms with E-state index in [-0.39, 0.29) is 11.9 Å². The van der Waals surface area contributed by atoms with Gasteiger partial charge in [-0.3, -0.25) is 4.79 Å². The summed E-state index contributed by atoms with van der Waals surface area (Å²) in [6.07, 6.45) is 5.78. The van der Waals surface area contributed by atoms with E-state index in [1.165, 1.54) is 19.3 Å². The summed E-state index contributed by atoms with van der Waals surface area (Å²) in [7, 11) is 0. The van der Waals surface area contributed by atoms with Gasteiger partial charge in [0.1, 0.15) is 17.0 Å². The first-order valence-electron chi connectivity index (χ1n) is 10.5. The quantitative estimate of drug-likeness (QED) is 0.862. The molecule has 1 N–H and O–H groups in total. The molecule has 7 nitrogen and oxygen atoms in total. The van der Waals surface area contributed by atoms with E-state index in [0.717, 1.165) is 18.4 Å². The smallest absolute Gasteiger partial charge is 0.317 e. The van der Waals surface area contributed by atoms with E-state index in [0.29, 0.717) is 49.2 Å². The number of hydrogen-bond donors (Lipinski definition) is 1. The average molecular weight is 396 g/mol. The van der Waals surface area contributed by atoms with Gasteiger partial charge in [-0.1, -0.05) is 54.8 Å². The number of urea groups is 1. The molecular weight excluding hydrogens is 368 g/mol. The lowest BCUT2D eigenvalue weighted by Gasteiger charge is -2.36. The zero-order valence-electron chi connectivity index (χ0n) is 16.9. The van der Waals surface area contributed by atoms with Gasteiger partial charge in [-0.2, -0.15) is 0 Å². The van der Waals surface area contributed by atoms with Crippen LogP contribution < -0.4 is 5.32 Å². The lowest BCUT2D eigenvalue weighted by molar-refractivity contribution is 0.0661. The summed E-state index contributed by atoms with van der Waals surface area (Å²) < 4.78 is 5.33. The van der Waals surface area contributed by atoms with E-state index in [1.54, 1.807) is 11.8 Å². The predicted molar refractivity (Wildman–Crippen MR) is 110 cm³/mol. The summed E-state index contributed by atoms with van der Waals surface area (Å²) >= 11 is 0. The molecule has 1 aromatic carbocycles. The van der Waals surface area contributed by atoms with Crippen LogP contribution in [-0.2, 0) is 0 Å². The number of aryl methyl sites for hydroxylation is 1. The van der Waals surface area contributed by atoms with Crippen molar-refractivity contribution in [1.29, 1.82) is 0 Å². The maximum absolute atomic E-state index is 13.2. The first-order valence-corrected chi connectivity index (χ1v) is 10.5. The fraction of sp³-hybridized carbons (Fsp3) is 0.500. The fourth-order valence-electron chi connectivity index (χ4n) is 4.20. The van der Waals surface area contributed by atoms with Gasteiger partial charge in [-0.25, -0.2) is 4.79 Å². The number of hydrogen-bond acceptors (Lipinski definition) is 4. The Kier molecular flexibility index (Phi) is 5.83. The maximum Gasteiger partial charge on any atom is 0.317 e. The van der Waals surface area contributed by atoms with Crippen molar-refractivity contribution < 1.29 is 14.1 Å². The van der Waals surface area contributed by atoms with Crippen LogP contribution in [0.15, 0.2) is 34.9 Å². The molecule has 1 saturated carbocycles. The monoisotopic (exact) mass is 396 g/mol. The SMILES string of the molecule is Cc1onc(-c2ccccc2)c1C(=O)N1CCN(C(=O)NC2CCCCC2)CC1. The van der Waals surface area contributed by atoms with Crippen LogP contribution in [0.1, 0.15) is 48.2 Å². The third-order valence-corrected chi connectivity index (χ3v) is 5.91. The Hall–Kier alpha value is -2.83. The van der Waals surface area contributed by atoms with Gasteiger partial charge in [-0.05, 0) is 19.8 Å². The Labute approximate surface area is 171 Å². The summed E-state index contributed by atoms with van der Waals surface area (Å²) in [6.45, 7) is 3.86. The third kappa shape index (κ3) is 4.28. The van der Waals surface area contributed by atoms with Gasteiger partial charge in [-0.15, -0.1) is 0 Å². The molecule has 7 heteroatoms. The number of aromatic nitrogens is 1. The highest BCUT2D eigenvalue weighted by atomic mass is 16.5. The summed E-state index contributed by atoms with van der Waals surface area (Å²) in [5.41, 5.74) is 1.94. The molecule has 4 rings (SSSR count). The molecule has 0 spiro atoms. The second kappa shape index (κ2) is 8.68. The van der Waals surface area contributed by atoms with Crippen molar-refractivity contribution in [2.45, 2.75) is 45.1 Å². The highest BCUT2D eigenvalue weighted by Crippen LogP contribution is 2.26. The minimum absolute atomic E-state index is 0.00451. The van der Waals surface area contributed by atoms with Crippen molar-refractivity contribution in [3.05, 3.63) is 41.7 Å². The summed E-state index contributed by atoms with van der Waals surface area (Å²) in [4.78, 5) is 29.3. The van der Waals surface area contributed by atoms with Crippen molar-refractivity contribution in [3.63, 3.8) is 0 Å². The molecule has 2 aliphatic rings. The number of benzene rings is 1. The van der Waals surface area contributed by atoms with Crippen LogP contribution in [0.2, 0.25) is 0 Å². The molecule has 2 heterocycles. The van der Waals surface area contributed by atoms with Crippen LogP contribution in [-0.4, -0.2) is 59.1 Å². The molecule has 29 heavy (non-hydrogen) atoms. The standard InChI is InChI=1S/C22H28N4O3/c1-16-19(20(24-29-16)17-8-4-2-5-9-17)21(27)25-12-14-26(15-13-25)22(28)23-18-10-6-3-7-11-18/h2,4-5,8-9,18H,3,6-7,10-15H2,1H3,(H,23,28). The summed E-state index contributed by atoms with van der Waals surface area (Å²) in [5, 5.41) is 7.27. The summed E-state index contributed by atoms with van der Waals surface area (Å²) in [6, 6.07) is 9.88. The zero-order chi connectivity index (χ0) is 20.2. The van der Waals surface area contributed by atoms with Gasteiger partial charge < -0.3 is 19.6 Å². The topological polar surface area (TPSA) is 78.7 Å². The Bertz CT molecular complexity index is 850. The lowest BCUT2D eigenvalue weighted by atomic mass is 9.96. The van der Waals surface area contributed by atoms with E-state index in [4.69, 9.17) is 4.52 Å². The van der Waals surface area contributed by atoms with Crippen molar-refractivity contribution >= 4 is 11.9 Å². The normalized spacial score (nSPS) is 18.0. The highest BCUT2D eigenvalue weighted by molar-refractivity contribution is 6.00. The second-order valence-corrected chi connectivity index (χ2v) is 7.89. The van der Waals surface area contributed by atoms with Gasteiger partial charge in [0.05, 0.1) is 0 Å². The molecule has 1 aliphatic heterocycles. The van der Waals surface area contributed by atoms with E-state index in [9.17, 15) is 9.59 Å². The molecule has 0 unspecified atom stereocenters. The molecule has 3 amide bonds. The van der Waals surface area contributed by atoms with Gasteiger partial charge >= 0.3 is 6.03 Å². The van der Waals surface area contributed by atoms with Crippen LogP contribution >= 0.6 is 0 Å². The molecule has 0 atom stereocenters. The van der Waals surface area contributed by atoms with E-state index < -0.39 is 0 Å². The van der Waals surface area contributed by atoms with Crippen molar-refractivity contribution in [2.24, 2.45) is 0 Å². The Balaban J connectivity index is 1.38. The minimum Gasteiger partial charge on any atom is -0.360 e. The molecule has 0 bridgehead atoms. The van der Waals surface area contributed by atoms with E-state index in [2.05, 4.69) is 10.5 Å². The number of carbonyl (C=O) groups excluding carboxylic acids is 2. The molecule has 2 fully saturated rings. The number of piperazine rings is 1. The van der Waals surface area contributed by atoms with Crippen LogP contribution in [0.25, 0.3) is 11.3 Å². The van der Waals surface area contributed by atoms with E-state index in [1.807, 2.05) is 35.2 Å². The largest absolute Gasteiger partial charge is 0.360 e. The fourth-order valence-corrected chi connectivity index (χ4v) is 4.20. The number of carbonyl (C=O) groups is 2. The molecule has 1 saturated heterocycles. The molecule has 154 valence electrons. The van der Waals surface area contributed by atoms with Gasteiger partial charge in [0, 0.05) is 37.8 Å². The van der Waals surface area contributed by atoms with Crippen LogP contribution in [0, 0.1) is 6.92 Å². The Morgan fingerprint density at radius 1 is 1.00 bits per heavy atom. The summed E-state index contributed by atoms with van der Waals surface area (Å²) in [5.74, 6) is 0.432. The Morgan fingerprint density at radius 2 is 1.66 bits per heavy atom. The van der Waals surface area contributed by atoms with Crippen LogP contribution in [0.4, 0.5) is 4.79 Å². The maximum atomic E-state index is 13.2. The molecule has 1 aliphatic carbocycles. The van der Waals surface area contributed by atoms with E-state index >= 15 is 0 Å². The molecule has 1 aromatic heterocycles. The third-order valence-electron chi connectivity index (χ3n) is 5.91. The van der Waals surface area contributed by atoms with Crippen molar-refractivity contribution in [1.82, 2.24) is 20.3 Å². The minimum atomic E-state index is -0.0880. The number of nitrogens with one attached hydrogen (secondary N) is 1. The number of nitrogens with zero attached hydrogens (tertiary/aromatic N) is 3. The predicted octanol–water partition coefficient (Wildman–Crippen LogP) is 3.45. The van der Waals surface area contributed by atoms with Crippen LogP contribution in [0.3, 0.4) is 0 Å². The number of amides is 3. The Morgan fingerprint density at radius 3 is 2.34 bits per heavy atom. The first kappa shape index (κ1) is 19.5. The van der Waals surface area contributed by atoms with Crippen molar-refractivity contribution in [3.8, 4) is 11.3 Å². The molecule has 0 radical (unpaired) electrons. The zero-order valence-corrected chi connectivity index (χ0v) is 16.9. The average Bonchev–Trinajstić information content (AvgIpc) is 3.16. The lowest BCUT2D eigenvalue weighted by Crippen LogP contribution is -2.54. The van der Waals surface area contributed by atoms with Crippen LogP contribution in [0.5, 0.6) is 0 Å².